The predicted octanol–water partition coefficient (Wildman–Crippen LogP) is 1.05. The number of hydrogen-bond donors (Lipinski definition) is 0. The van der Waals surface area contributed by atoms with Crippen molar-refractivity contribution in [2.24, 2.45) is 0 Å². The number of ether oxygens (including phenoxy) is 1. The molecule has 2 aromatic rings. The van der Waals surface area contributed by atoms with Gasteiger partial charge in [0.1, 0.15) is 0 Å². The molecule has 13 nitrogen and oxygen atoms in total. The minimum atomic E-state index is -2.39. The van der Waals surface area contributed by atoms with Gasteiger partial charge in [0.25, 0.3) is 28.7 Å². The highest BCUT2D eigenvalue weighted by molar-refractivity contribution is 6.23. The van der Waals surface area contributed by atoms with Crippen LogP contribution in [0.25, 0.3) is 0 Å². The number of likely N-dealkylation sites (N-methyl/N-ethyl adjacent to an activating group) is 2. The number of nitro benzene ring substituents is 1. The summed E-state index contributed by atoms with van der Waals surface area (Å²) in [5, 5.41) is 11.2. The van der Waals surface area contributed by atoms with Crippen molar-refractivity contribution in [1.29, 1.82) is 0 Å². The number of imide groups is 2. The fraction of sp³-hybridized carbons (Fsp3) is 0.435. The normalized spacial score (nSPS) is 18.6. The van der Waals surface area contributed by atoms with Gasteiger partial charge in [0.15, 0.2) is 0 Å². The van der Waals surface area contributed by atoms with Crippen LogP contribution >= 0.6 is 0 Å². The van der Waals surface area contributed by atoms with Crippen LogP contribution in [0.2, 0.25) is 0 Å². The second-order valence-electron chi connectivity index (χ2n) is 8.30. The molecule has 1 aromatic heterocycles. The first-order valence-electron chi connectivity index (χ1n) is 11.6. The van der Waals surface area contributed by atoms with Crippen LogP contribution in [0.15, 0.2) is 33.9 Å². The zero-order valence-electron chi connectivity index (χ0n) is 20.2. The van der Waals surface area contributed by atoms with Crippen molar-refractivity contribution in [2.45, 2.75) is 52.3 Å². The lowest BCUT2D eigenvalue weighted by molar-refractivity contribution is -0.384. The van der Waals surface area contributed by atoms with Crippen molar-refractivity contribution < 1.29 is 24.0 Å². The molecule has 4 amide bonds. The van der Waals surface area contributed by atoms with E-state index in [9.17, 15) is 34.1 Å². The maximum absolute atomic E-state index is 13.9. The zero-order valence-corrected chi connectivity index (χ0v) is 20.2. The van der Waals surface area contributed by atoms with Crippen LogP contribution < -0.4 is 16.0 Å². The molecule has 0 N–H and O–H groups in total. The average Bonchev–Trinajstić information content (AvgIpc) is 3.21. The molecule has 0 radical (unpaired) electrons. The Labute approximate surface area is 204 Å². The maximum atomic E-state index is 13.9. The SMILES string of the molecule is CCN1C(=O)N(CC)C(=O)C2(Oc3c(c(=O)n(CC)c(=O)n3CC)C2c2ccc([N+](=O)[O-])cc2)C1=O. The molecule has 1 aromatic carbocycles. The topological polar surface area (TPSA) is 154 Å². The number of rotatable bonds is 6. The van der Waals surface area contributed by atoms with Crippen molar-refractivity contribution in [3.63, 3.8) is 0 Å². The molecule has 4 rings (SSSR count). The van der Waals surface area contributed by atoms with Gasteiger partial charge in [-0.25, -0.2) is 9.59 Å². The number of amides is 4. The third-order valence-corrected chi connectivity index (χ3v) is 6.66. The molecule has 3 heterocycles. The van der Waals surface area contributed by atoms with Crippen LogP contribution in [0, 0.1) is 10.1 Å². The third-order valence-electron chi connectivity index (χ3n) is 6.66. The number of hydrogen-bond acceptors (Lipinski definition) is 8. The van der Waals surface area contributed by atoms with Gasteiger partial charge in [-0.1, -0.05) is 12.1 Å². The van der Waals surface area contributed by atoms with Crippen molar-refractivity contribution in [3.05, 3.63) is 66.3 Å². The Morgan fingerprint density at radius 3 is 1.83 bits per heavy atom. The van der Waals surface area contributed by atoms with Crippen LogP contribution in [-0.4, -0.2) is 60.4 Å². The molecule has 1 unspecified atom stereocenters. The first-order valence-corrected chi connectivity index (χ1v) is 11.6. The third kappa shape index (κ3) is 3.11. The number of carbonyl (C=O) groups excluding carboxylic acids is 3. The van der Waals surface area contributed by atoms with Crippen molar-refractivity contribution in [1.82, 2.24) is 18.9 Å². The smallest absolute Gasteiger partial charge is 0.333 e. The van der Waals surface area contributed by atoms with Gasteiger partial charge in [-0.2, -0.15) is 0 Å². The molecule has 0 saturated carbocycles. The molecule has 0 aliphatic carbocycles. The summed E-state index contributed by atoms with van der Waals surface area (Å²) in [5.74, 6) is -3.54. The predicted molar refractivity (Wildman–Crippen MR) is 125 cm³/mol. The second-order valence-corrected chi connectivity index (χ2v) is 8.30. The molecule has 1 atom stereocenters. The van der Waals surface area contributed by atoms with E-state index in [1.807, 2.05) is 0 Å². The van der Waals surface area contributed by atoms with Crippen LogP contribution in [0.3, 0.4) is 0 Å². The molecular formula is C23H25N5O8. The number of carbonyl (C=O) groups is 3. The maximum Gasteiger partial charge on any atom is 0.333 e. The Morgan fingerprint density at radius 2 is 1.39 bits per heavy atom. The summed E-state index contributed by atoms with van der Waals surface area (Å²) < 4.78 is 8.22. The lowest BCUT2D eigenvalue weighted by Gasteiger charge is -2.43. The van der Waals surface area contributed by atoms with Gasteiger partial charge >= 0.3 is 11.7 Å². The molecule has 13 heteroatoms. The Bertz CT molecular complexity index is 1380. The summed E-state index contributed by atoms with van der Waals surface area (Å²) in [6, 6.07) is 4.23. The number of fused-ring (bicyclic) bond motifs is 1. The van der Waals surface area contributed by atoms with E-state index in [4.69, 9.17) is 4.74 Å². The Kier molecular flexibility index (Phi) is 6.02. The number of benzene rings is 1. The van der Waals surface area contributed by atoms with E-state index in [1.165, 1.54) is 24.3 Å². The van der Waals surface area contributed by atoms with E-state index in [0.717, 1.165) is 18.9 Å². The summed E-state index contributed by atoms with van der Waals surface area (Å²) >= 11 is 0. The Morgan fingerprint density at radius 1 is 0.861 bits per heavy atom. The van der Waals surface area contributed by atoms with Gasteiger partial charge in [-0.05, 0) is 33.3 Å². The average molecular weight is 499 g/mol. The van der Waals surface area contributed by atoms with E-state index < -0.39 is 45.5 Å². The lowest BCUT2D eigenvalue weighted by Crippen LogP contribution is -2.71. The number of aromatic nitrogens is 2. The standard InChI is InChI=1S/C23H25N5O8/c1-5-24-17(29)15-16(13-9-11-14(12-10-13)28(34)35)23(36-18(15)25(6-2)21(24)32)19(30)26(7-3)22(33)27(8-4)20(23)31/h9-12,16H,5-8H2,1-4H3. The molecule has 2 aliphatic heterocycles. The Balaban J connectivity index is 2.12. The summed E-state index contributed by atoms with van der Waals surface area (Å²) in [7, 11) is 0. The molecule has 36 heavy (non-hydrogen) atoms. The van der Waals surface area contributed by atoms with Gasteiger partial charge in [0, 0.05) is 38.3 Å². The summed E-state index contributed by atoms with van der Waals surface area (Å²) in [4.78, 5) is 79.6. The van der Waals surface area contributed by atoms with E-state index in [-0.39, 0.29) is 48.9 Å². The van der Waals surface area contributed by atoms with Gasteiger partial charge in [0.2, 0.25) is 5.88 Å². The lowest BCUT2D eigenvalue weighted by atomic mass is 9.76. The van der Waals surface area contributed by atoms with Gasteiger partial charge in [-0.3, -0.25) is 43.4 Å². The molecular weight excluding hydrogens is 474 g/mol. The first kappa shape index (κ1) is 24.8. The van der Waals surface area contributed by atoms with Crippen LogP contribution in [0.1, 0.15) is 44.7 Å². The zero-order chi connectivity index (χ0) is 26.5. The summed E-state index contributed by atoms with van der Waals surface area (Å²) in [6.45, 7) is 6.31. The quantitative estimate of drug-likeness (QED) is 0.325. The number of non-ortho nitro benzene ring substituents is 1. The number of nitro groups is 1. The Hall–Kier alpha value is -4.29. The van der Waals surface area contributed by atoms with Crippen LogP contribution in [0.5, 0.6) is 5.88 Å². The van der Waals surface area contributed by atoms with E-state index in [0.29, 0.717) is 0 Å². The van der Waals surface area contributed by atoms with E-state index >= 15 is 0 Å². The monoisotopic (exact) mass is 499 g/mol. The fourth-order valence-corrected chi connectivity index (χ4v) is 4.92. The van der Waals surface area contributed by atoms with Crippen molar-refractivity contribution in [2.75, 3.05) is 13.1 Å². The van der Waals surface area contributed by atoms with Gasteiger partial charge in [0.05, 0.1) is 16.4 Å². The molecule has 1 spiro atoms. The van der Waals surface area contributed by atoms with Crippen molar-refractivity contribution >= 4 is 23.5 Å². The van der Waals surface area contributed by atoms with Crippen molar-refractivity contribution in [3.8, 4) is 5.88 Å². The van der Waals surface area contributed by atoms with Crippen LogP contribution in [0.4, 0.5) is 10.5 Å². The first-order chi connectivity index (χ1) is 17.1. The number of barbiturate groups is 1. The summed E-state index contributed by atoms with van der Waals surface area (Å²) in [5.41, 5.74) is -3.94. The molecule has 190 valence electrons. The molecule has 1 saturated heterocycles. The van der Waals surface area contributed by atoms with E-state index in [2.05, 4.69) is 0 Å². The largest absolute Gasteiger partial charge is 0.450 e. The minimum absolute atomic E-state index is 0.0213. The summed E-state index contributed by atoms with van der Waals surface area (Å²) in [6.07, 6.45) is 0. The van der Waals surface area contributed by atoms with Gasteiger partial charge in [-0.15, -0.1) is 0 Å². The highest BCUT2D eigenvalue weighted by atomic mass is 16.6. The number of urea groups is 1. The highest BCUT2D eigenvalue weighted by Crippen LogP contribution is 2.50. The highest BCUT2D eigenvalue weighted by Gasteiger charge is 2.68. The second kappa shape index (κ2) is 8.73. The molecule has 1 fully saturated rings. The molecule has 2 aliphatic rings. The van der Waals surface area contributed by atoms with E-state index in [1.54, 1.807) is 27.7 Å². The fourth-order valence-electron chi connectivity index (χ4n) is 4.92. The molecule has 0 bridgehead atoms. The number of nitrogens with zero attached hydrogens (tertiary/aromatic N) is 5. The van der Waals surface area contributed by atoms with Gasteiger partial charge < -0.3 is 4.74 Å². The van der Waals surface area contributed by atoms with Crippen LogP contribution in [-0.2, 0) is 22.7 Å². The minimum Gasteiger partial charge on any atom is -0.450 e.